The minimum Gasteiger partial charge on any atom is -0.480 e. The second-order valence-electron chi connectivity index (χ2n) is 4.62. The van der Waals surface area contributed by atoms with Crippen LogP contribution in [0.15, 0.2) is 24.3 Å². The third kappa shape index (κ3) is 5.19. The van der Waals surface area contributed by atoms with E-state index in [1.165, 1.54) is 35.3 Å². The zero-order valence-corrected chi connectivity index (χ0v) is 12.6. The van der Waals surface area contributed by atoms with Crippen LogP contribution in [0.4, 0.5) is 4.39 Å². The van der Waals surface area contributed by atoms with Crippen LogP contribution in [0.1, 0.15) is 25.8 Å². The summed E-state index contributed by atoms with van der Waals surface area (Å²) in [4.78, 5) is 24.2. The van der Waals surface area contributed by atoms with Gasteiger partial charge >= 0.3 is 5.97 Å². The molecule has 114 valence electrons. The minimum absolute atomic E-state index is 0.0334. The van der Waals surface area contributed by atoms with Crippen LogP contribution >= 0.6 is 11.6 Å². The number of hydrogen-bond acceptors (Lipinski definition) is 2. The number of carbonyl (C=O) groups excluding carboxylic acids is 1. The van der Waals surface area contributed by atoms with E-state index in [1.807, 2.05) is 6.92 Å². The first-order valence-electron chi connectivity index (χ1n) is 6.50. The molecule has 1 N–H and O–H groups in total. The fourth-order valence-electron chi connectivity index (χ4n) is 1.70. The summed E-state index contributed by atoms with van der Waals surface area (Å²) < 4.78 is 13.0. The smallest absolute Gasteiger partial charge is 0.323 e. The maximum Gasteiger partial charge on any atom is 0.323 e. The van der Waals surface area contributed by atoms with E-state index in [4.69, 9.17) is 16.7 Å². The van der Waals surface area contributed by atoms with E-state index >= 15 is 0 Å². The molecule has 1 aromatic carbocycles. The third-order valence-corrected chi connectivity index (χ3v) is 3.36. The van der Waals surface area contributed by atoms with E-state index < -0.39 is 17.7 Å². The van der Waals surface area contributed by atoms with Gasteiger partial charge in [0.2, 0.25) is 5.91 Å². The quantitative estimate of drug-likeness (QED) is 0.820. The van der Waals surface area contributed by atoms with E-state index in [0.29, 0.717) is 12.0 Å². The molecule has 0 aliphatic carbocycles. The Bertz CT molecular complexity index is 560. The highest BCUT2D eigenvalue weighted by Gasteiger charge is 2.19. The van der Waals surface area contributed by atoms with Crippen molar-refractivity contribution in [1.82, 2.24) is 4.90 Å². The number of benzene rings is 1. The van der Waals surface area contributed by atoms with E-state index in [1.54, 1.807) is 6.92 Å². The van der Waals surface area contributed by atoms with E-state index in [0.717, 1.165) is 0 Å². The largest absolute Gasteiger partial charge is 0.480 e. The lowest BCUT2D eigenvalue weighted by molar-refractivity contribution is -0.144. The Morgan fingerprint density at radius 3 is 2.67 bits per heavy atom. The molecule has 1 aromatic rings. The number of carboxylic acid groups (broad SMARTS) is 1. The zero-order chi connectivity index (χ0) is 16.0. The van der Waals surface area contributed by atoms with Crippen molar-refractivity contribution < 1.29 is 19.1 Å². The van der Waals surface area contributed by atoms with Crippen molar-refractivity contribution in [3.8, 4) is 0 Å². The molecular formula is C15H17ClFNO3. The van der Waals surface area contributed by atoms with Gasteiger partial charge in [0.15, 0.2) is 0 Å². The van der Waals surface area contributed by atoms with Crippen molar-refractivity contribution in [2.24, 2.45) is 0 Å². The number of rotatable bonds is 6. The molecule has 1 amide bonds. The predicted molar refractivity (Wildman–Crippen MR) is 79.5 cm³/mol. The second kappa shape index (κ2) is 7.78. The summed E-state index contributed by atoms with van der Waals surface area (Å²) in [7, 11) is 0. The minimum atomic E-state index is -1.07. The summed E-state index contributed by atoms with van der Waals surface area (Å²) in [5.41, 5.74) is 0.564. The van der Waals surface area contributed by atoms with Crippen LogP contribution in [0.3, 0.4) is 0 Å². The van der Waals surface area contributed by atoms with Gasteiger partial charge in [-0.2, -0.15) is 0 Å². The molecule has 0 aromatic heterocycles. The van der Waals surface area contributed by atoms with E-state index in [2.05, 4.69) is 0 Å². The standard InChI is InChI=1S/C15H17ClFNO3/c1-3-10(2)18(9-15(20)21)14(19)7-5-11-4-6-13(17)12(16)8-11/h4-8,10H,3,9H2,1-2H3,(H,20,21)/b7-5+. The molecule has 1 atom stereocenters. The van der Waals surface area contributed by atoms with Gasteiger partial charge in [-0.25, -0.2) is 4.39 Å². The average molecular weight is 314 g/mol. The molecular weight excluding hydrogens is 297 g/mol. The number of halogens is 2. The molecule has 0 saturated carbocycles. The van der Waals surface area contributed by atoms with Gasteiger partial charge in [0.25, 0.3) is 0 Å². The zero-order valence-electron chi connectivity index (χ0n) is 11.8. The summed E-state index contributed by atoms with van der Waals surface area (Å²) in [5, 5.41) is 8.82. The lowest BCUT2D eigenvalue weighted by Crippen LogP contribution is -2.40. The summed E-state index contributed by atoms with van der Waals surface area (Å²) >= 11 is 5.65. The third-order valence-electron chi connectivity index (χ3n) is 3.07. The molecule has 1 rings (SSSR count). The topological polar surface area (TPSA) is 57.6 Å². The van der Waals surface area contributed by atoms with Gasteiger partial charge in [0, 0.05) is 12.1 Å². The first-order chi connectivity index (χ1) is 9.85. The Kier molecular flexibility index (Phi) is 6.37. The van der Waals surface area contributed by atoms with Crippen LogP contribution in [0.5, 0.6) is 0 Å². The van der Waals surface area contributed by atoms with Crippen LogP contribution < -0.4 is 0 Å². The highest BCUT2D eigenvalue weighted by molar-refractivity contribution is 6.30. The molecule has 21 heavy (non-hydrogen) atoms. The van der Waals surface area contributed by atoms with Gasteiger partial charge in [0.1, 0.15) is 12.4 Å². The Balaban J connectivity index is 2.86. The molecule has 4 nitrogen and oxygen atoms in total. The highest BCUT2D eigenvalue weighted by Crippen LogP contribution is 2.17. The van der Waals surface area contributed by atoms with Crippen molar-refractivity contribution in [2.45, 2.75) is 26.3 Å². The van der Waals surface area contributed by atoms with Crippen LogP contribution in [-0.4, -0.2) is 34.5 Å². The van der Waals surface area contributed by atoms with Gasteiger partial charge < -0.3 is 10.0 Å². The Hall–Kier alpha value is -1.88. The fourth-order valence-corrected chi connectivity index (χ4v) is 1.89. The van der Waals surface area contributed by atoms with Crippen molar-refractivity contribution >= 4 is 29.6 Å². The lowest BCUT2D eigenvalue weighted by Gasteiger charge is -2.25. The number of carboxylic acids is 1. The molecule has 0 heterocycles. The molecule has 1 unspecified atom stereocenters. The van der Waals surface area contributed by atoms with Gasteiger partial charge in [0.05, 0.1) is 5.02 Å². The number of amides is 1. The Morgan fingerprint density at radius 1 is 1.48 bits per heavy atom. The summed E-state index contributed by atoms with van der Waals surface area (Å²) in [6.07, 6.45) is 3.39. The summed E-state index contributed by atoms with van der Waals surface area (Å²) in [5.74, 6) is -2.01. The molecule has 0 fully saturated rings. The summed E-state index contributed by atoms with van der Waals surface area (Å²) in [6, 6.07) is 3.90. The van der Waals surface area contributed by atoms with Crippen LogP contribution in [0.2, 0.25) is 5.02 Å². The molecule has 0 aliphatic heterocycles. The Morgan fingerprint density at radius 2 is 2.14 bits per heavy atom. The fraction of sp³-hybridized carbons (Fsp3) is 0.333. The van der Waals surface area contributed by atoms with Gasteiger partial charge in [-0.1, -0.05) is 24.6 Å². The molecule has 0 spiro atoms. The maximum absolute atomic E-state index is 13.0. The van der Waals surface area contributed by atoms with Crippen LogP contribution in [0, 0.1) is 5.82 Å². The van der Waals surface area contributed by atoms with Crippen molar-refractivity contribution in [3.63, 3.8) is 0 Å². The van der Waals surface area contributed by atoms with E-state index in [-0.39, 0.29) is 17.6 Å². The first-order valence-corrected chi connectivity index (χ1v) is 6.88. The highest BCUT2D eigenvalue weighted by atomic mass is 35.5. The van der Waals surface area contributed by atoms with Crippen LogP contribution in [0.25, 0.3) is 6.08 Å². The predicted octanol–water partition coefficient (Wildman–Crippen LogP) is 3.20. The van der Waals surface area contributed by atoms with Gasteiger partial charge in [-0.3, -0.25) is 9.59 Å². The monoisotopic (exact) mass is 313 g/mol. The molecule has 0 saturated heterocycles. The lowest BCUT2D eigenvalue weighted by atomic mass is 10.2. The molecule has 6 heteroatoms. The van der Waals surface area contributed by atoms with Crippen molar-refractivity contribution in [1.29, 1.82) is 0 Å². The summed E-state index contributed by atoms with van der Waals surface area (Å²) in [6.45, 7) is 3.29. The Labute approximate surface area is 127 Å². The molecule has 0 radical (unpaired) electrons. The van der Waals surface area contributed by atoms with Gasteiger partial charge in [-0.15, -0.1) is 0 Å². The van der Waals surface area contributed by atoms with Gasteiger partial charge in [-0.05, 0) is 37.1 Å². The van der Waals surface area contributed by atoms with Crippen LogP contribution in [-0.2, 0) is 9.59 Å². The normalized spacial score (nSPS) is 12.4. The number of nitrogens with zero attached hydrogens (tertiary/aromatic N) is 1. The first kappa shape index (κ1) is 17.2. The maximum atomic E-state index is 13.0. The van der Waals surface area contributed by atoms with E-state index in [9.17, 15) is 14.0 Å². The number of aliphatic carboxylic acids is 1. The molecule has 0 aliphatic rings. The SMILES string of the molecule is CCC(C)N(CC(=O)O)C(=O)/C=C/c1ccc(F)c(Cl)c1. The number of carbonyl (C=O) groups is 2. The number of hydrogen-bond donors (Lipinski definition) is 1. The average Bonchev–Trinajstić information content (AvgIpc) is 2.44. The van der Waals surface area contributed by atoms with Crippen molar-refractivity contribution in [2.75, 3.05) is 6.54 Å². The van der Waals surface area contributed by atoms with Crippen molar-refractivity contribution in [3.05, 3.63) is 40.7 Å². The molecule has 0 bridgehead atoms. The second-order valence-corrected chi connectivity index (χ2v) is 5.03.